The van der Waals surface area contributed by atoms with Gasteiger partial charge >= 0.3 is 6.18 Å². The van der Waals surface area contributed by atoms with Crippen molar-refractivity contribution in [2.75, 3.05) is 42.5 Å². The molecule has 2 heterocycles. The largest absolute Gasteiger partial charge is 0.416 e. The maximum atomic E-state index is 13.0. The fourth-order valence-corrected chi connectivity index (χ4v) is 4.17. The van der Waals surface area contributed by atoms with Gasteiger partial charge in [0, 0.05) is 50.5 Å². The number of hydrogen-bond acceptors (Lipinski definition) is 3. The third-order valence-electron chi connectivity index (χ3n) is 5.95. The van der Waals surface area contributed by atoms with E-state index in [9.17, 15) is 22.8 Å². The van der Waals surface area contributed by atoms with Crippen LogP contribution in [0, 0.1) is 12.8 Å². The summed E-state index contributed by atoms with van der Waals surface area (Å²) in [6.45, 7) is 4.08. The highest BCUT2D eigenvalue weighted by atomic mass is 19.4. The monoisotopic (exact) mass is 431 g/mol. The van der Waals surface area contributed by atoms with Gasteiger partial charge in [0.1, 0.15) is 0 Å². The highest BCUT2D eigenvalue weighted by Gasteiger charge is 2.38. The van der Waals surface area contributed by atoms with Crippen molar-refractivity contribution >= 4 is 23.2 Å². The zero-order valence-electron chi connectivity index (χ0n) is 17.2. The third-order valence-corrected chi connectivity index (χ3v) is 5.95. The number of nitrogens with zero attached hydrogens (tertiary/aromatic N) is 3. The molecule has 2 amide bonds. The molecule has 8 heteroatoms. The number of carbonyl (C=O) groups is 2. The van der Waals surface area contributed by atoms with Crippen LogP contribution in [0.2, 0.25) is 0 Å². The fourth-order valence-electron chi connectivity index (χ4n) is 4.17. The molecule has 2 fully saturated rings. The van der Waals surface area contributed by atoms with E-state index in [2.05, 4.69) is 0 Å². The molecule has 1 unspecified atom stereocenters. The lowest BCUT2D eigenvalue weighted by molar-refractivity contribution is -0.137. The second-order valence-corrected chi connectivity index (χ2v) is 8.10. The molecule has 2 saturated heterocycles. The topological polar surface area (TPSA) is 43.9 Å². The Balaban J connectivity index is 1.37. The van der Waals surface area contributed by atoms with Crippen molar-refractivity contribution < 1.29 is 22.8 Å². The van der Waals surface area contributed by atoms with Crippen LogP contribution in [0.3, 0.4) is 0 Å². The van der Waals surface area contributed by atoms with Crippen molar-refractivity contribution in [1.82, 2.24) is 4.90 Å². The first-order valence-corrected chi connectivity index (χ1v) is 10.3. The summed E-state index contributed by atoms with van der Waals surface area (Å²) in [5.41, 5.74) is 1.72. The molecular formula is C23H24F3N3O2. The Bertz CT molecular complexity index is 967. The second-order valence-electron chi connectivity index (χ2n) is 8.10. The van der Waals surface area contributed by atoms with E-state index in [1.165, 1.54) is 6.07 Å². The molecule has 0 spiro atoms. The molecule has 164 valence electrons. The number of aryl methyl sites for hydroxylation is 1. The summed E-state index contributed by atoms with van der Waals surface area (Å²) in [7, 11) is 0. The zero-order valence-corrected chi connectivity index (χ0v) is 17.2. The van der Waals surface area contributed by atoms with Crippen LogP contribution >= 0.6 is 0 Å². The number of piperazine rings is 1. The second kappa shape index (κ2) is 8.24. The third kappa shape index (κ3) is 4.52. The van der Waals surface area contributed by atoms with Crippen LogP contribution in [-0.2, 0) is 15.8 Å². The highest BCUT2D eigenvalue weighted by Crippen LogP contribution is 2.32. The van der Waals surface area contributed by atoms with Gasteiger partial charge in [-0.1, -0.05) is 23.8 Å². The normalized spacial score (nSPS) is 19.8. The number of amides is 2. The number of halogens is 3. The Hall–Kier alpha value is -3.03. The van der Waals surface area contributed by atoms with Gasteiger partial charge in [0.25, 0.3) is 0 Å². The van der Waals surface area contributed by atoms with E-state index in [4.69, 9.17) is 0 Å². The lowest BCUT2D eigenvalue weighted by atomic mass is 10.1. The number of carbonyl (C=O) groups excluding carboxylic acids is 2. The fraction of sp³-hybridized carbons (Fsp3) is 0.391. The molecule has 0 saturated carbocycles. The first kappa shape index (κ1) is 21.2. The van der Waals surface area contributed by atoms with Crippen LogP contribution in [0.4, 0.5) is 24.5 Å². The number of hydrogen-bond donors (Lipinski definition) is 0. The van der Waals surface area contributed by atoms with E-state index < -0.39 is 17.7 Å². The Morgan fingerprint density at radius 1 is 0.968 bits per heavy atom. The summed E-state index contributed by atoms with van der Waals surface area (Å²) < 4.78 is 38.9. The van der Waals surface area contributed by atoms with Crippen molar-refractivity contribution in [2.45, 2.75) is 19.5 Å². The summed E-state index contributed by atoms with van der Waals surface area (Å²) in [6, 6.07) is 12.9. The van der Waals surface area contributed by atoms with E-state index in [0.29, 0.717) is 38.4 Å². The first-order chi connectivity index (χ1) is 14.7. The van der Waals surface area contributed by atoms with Crippen LogP contribution in [0.15, 0.2) is 48.5 Å². The van der Waals surface area contributed by atoms with Gasteiger partial charge < -0.3 is 14.7 Å². The summed E-state index contributed by atoms with van der Waals surface area (Å²) in [5.74, 6) is -0.523. The predicted octanol–water partition coefficient (Wildman–Crippen LogP) is 3.72. The Labute approximate surface area is 179 Å². The van der Waals surface area contributed by atoms with Gasteiger partial charge in [0.05, 0.1) is 11.5 Å². The molecule has 5 nitrogen and oxygen atoms in total. The van der Waals surface area contributed by atoms with Crippen LogP contribution in [0.5, 0.6) is 0 Å². The summed E-state index contributed by atoms with van der Waals surface area (Å²) in [5, 5.41) is 0. The number of rotatable bonds is 3. The highest BCUT2D eigenvalue weighted by molar-refractivity contribution is 6.00. The van der Waals surface area contributed by atoms with E-state index in [-0.39, 0.29) is 18.2 Å². The average molecular weight is 431 g/mol. The predicted molar refractivity (Wildman–Crippen MR) is 112 cm³/mol. The molecule has 2 aliphatic heterocycles. The smallest absolute Gasteiger partial charge is 0.368 e. The molecule has 1 atom stereocenters. The van der Waals surface area contributed by atoms with Gasteiger partial charge in [-0.15, -0.1) is 0 Å². The van der Waals surface area contributed by atoms with Crippen LogP contribution < -0.4 is 9.80 Å². The summed E-state index contributed by atoms with van der Waals surface area (Å²) in [6.07, 6.45) is -4.20. The van der Waals surface area contributed by atoms with Crippen molar-refractivity contribution in [1.29, 1.82) is 0 Å². The van der Waals surface area contributed by atoms with Gasteiger partial charge in [-0.05, 0) is 37.3 Å². The Morgan fingerprint density at radius 2 is 1.65 bits per heavy atom. The van der Waals surface area contributed by atoms with Crippen LogP contribution in [0.25, 0.3) is 0 Å². The minimum atomic E-state index is -4.38. The van der Waals surface area contributed by atoms with Crippen LogP contribution in [-0.4, -0.2) is 49.4 Å². The maximum absolute atomic E-state index is 13.0. The lowest BCUT2D eigenvalue weighted by Gasteiger charge is -2.37. The Kier molecular flexibility index (Phi) is 5.64. The standard InChI is InChI=1S/C23H24F3N3O2/c1-16-5-7-19(8-6-16)29-15-17(13-21(29)30)22(31)28-11-9-27(10-12-28)20-4-2-3-18(14-20)23(24,25)26/h2-8,14,17H,9-13,15H2,1H3. The van der Waals surface area contributed by atoms with E-state index >= 15 is 0 Å². The van der Waals surface area contributed by atoms with E-state index in [0.717, 1.165) is 23.4 Å². The molecule has 0 radical (unpaired) electrons. The van der Waals surface area contributed by atoms with Crippen molar-refractivity contribution in [2.24, 2.45) is 5.92 Å². The molecule has 4 rings (SSSR count). The minimum Gasteiger partial charge on any atom is -0.368 e. The van der Waals surface area contributed by atoms with Gasteiger partial charge in [0.2, 0.25) is 11.8 Å². The molecule has 2 aromatic rings. The molecule has 0 bridgehead atoms. The van der Waals surface area contributed by atoms with E-state index in [1.807, 2.05) is 36.1 Å². The van der Waals surface area contributed by atoms with Gasteiger partial charge in [-0.25, -0.2) is 0 Å². The van der Waals surface area contributed by atoms with Gasteiger partial charge in [-0.2, -0.15) is 13.2 Å². The SMILES string of the molecule is Cc1ccc(N2CC(C(=O)N3CCN(c4cccc(C(F)(F)F)c4)CC3)CC2=O)cc1. The molecular weight excluding hydrogens is 407 g/mol. The Morgan fingerprint density at radius 3 is 2.29 bits per heavy atom. The number of anilines is 2. The number of alkyl halides is 3. The maximum Gasteiger partial charge on any atom is 0.416 e. The van der Waals surface area contributed by atoms with Gasteiger partial charge in [-0.3, -0.25) is 9.59 Å². The van der Waals surface area contributed by atoms with Crippen molar-refractivity contribution in [3.05, 3.63) is 59.7 Å². The van der Waals surface area contributed by atoms with Crippen molar-refractivity contribution in [3.8, 4) is 0 Å². The molecule has 2 aliphatic rings. The van der Waals surface area contributed by atoms with Crippen molar-refractivity contribution in [3.63, 3.8) is 0 Å². The van der Waals surface area contributed by atoms with Gasteiger partial charge in [0.15, 0.2) is 0 Å². The average Bonchev–Trinajstić information content (AvgIpc) is 3.15. The summed E-state index contributed by atoms with van der Waals surface area (Å²) in [4.78, 5) is 30.7. The number of benzene rings is 2. The van der Waals surface area contributed by atoms with E-state index in [1.54, 1.807) is 15.9 Å². The quantitative estimate of drug-likeness (QED) is 0.744. The zero-order chi connectivity index (χ0) is 22.2. The molecule has 0 aliphatic carbocycles. The molecule has 0 aromatic heterocycles. The first-order valence-electron chi connectivity index (χ1n) is 10.3. The molecule has 2 aromatic carbocycles. The lowest BCUT2D eigenvalue weighted by Crippen LogP contribution is -2.50. The summed E-state index contributed by atoms with van der Waals surface area (Å²) >= 11 is 0. The molecule has 31 heavy (non-hydrogen) atoms. The van der Waals surface area contributed by atoms with Crippen LogP contribution in [0.1, 0.15) is 17.5 Å². The molecule has 0 N–H and O–H groups in total. The minimum absolute atomic E-state index is 0.0633.